The van der Waals surface area contributed by atoms with Crippen LogP contribution in [0, 0.1) is 11.6 Å². The summed E-state index contributed by atoms with van der Waals surface area (Å²) >= 11 is 0. The largest absolute Gasteiger partial charge is 0.425 e. The molecule has 1 aromatic heterocycles. The molecule has 1 aromatic carbocycles. The van der Waals surface area contributed by atoms with Crippen LogP contribution in [0.5, 0.6) is 0 Å². The highest BCUT2D eigenvalue weighted by Gasteiger charge is 2.33. The number of aromatic nitrogens is 2. The second-order valence-corrected chi connectivity index (χ2v) is 8.29. The Balaban J connectivity index is 1.72. The van der Waals surface area contributed by atoms with Gasteiger partial charge in [0, 0.05) is 31.0 Å². The smallest absolute Gasteiger partial charge is 0.245 e. The highest BCUT2D eigenvalue weighted by Crippen LogP contribution is 2.31. The summed E-state index contributed by atoms with van der Waals surface area (Å²) in [6.07, 6.45) is 1.00. The minimum absolute atomic E-state index is 0.0236. The molecule has 0 N–H and O–H groups in total. The van der Waals surface area contributed by atoms with Crippen LogP contribution in [-0.4, -0.2) is 36.0 Å². The van der Waals surface area contributed by atoms with Gasteiger partial charge in [-0.2, -0.15) is 4.31 Å². The maximum absolute atomic E-state index is 13.8. The summed E-state index contributed by atoms with van der Waals surface area (Å²) in [5.41, 5.74) is 0. The van der Waals surface area contributed by atoms with E-state index in [0.717, 1.165) is 12.1 Å². The fourth-order valence-corrected chi connectivity index (χ4v) is 4.33. The van der Waals surface area contributed by atoms with Gasteiger partial charge in [0.05, 0.1) is 0 Å². The molecule has 1 fully saturated rings. The Morgan fingerprint density at radius 3 is 2.44 bits per heavy atom. The zero-order valence-electron chi connectivity index (χ0n) is 13.9. The Bertz CT molecular complexity index is 859. The van der Waals surface area contributed by atoms with Crippen LogP contribution in [0.15, 0.2) is 27.5 Å². The number of piperidine rings is 1. The average Bonchev–Trinajstić information content (AvgIpc) is 3.05. The van der Waals surface area contributed by atoms with E-state index in [2.05, 4.69) is 10.2 Å². The van der Waals surface area contributed by atoms with Gasteiger partial charge in [-0.25, -0.2) is 17.2 Å². The van der Waals surface area contributed by atoms with E-state index < -0.39 is 26.6 Å². The summed E-state index contributed by atoms with van der Waals surface area (Å²) in [5.74, 6) is -0.729. The van der Waals surface area contributed by atoms with Crippen LogP contribution in [0.25, 0.3) is 0 Å². The molecule has 25 heavy (non-hydrogen) atoms. The number of halogens is 2. The first-order valence-corrected chi connectivity index (χ1v) is 9.51. The molecule has 2 aromatic rings. The standard InChI is InChI=1S/C16H19F2N3O3S/c1-10(2)15-19-20-16(24-15)11-5-7-21(8-6-11)25(22,23)14-4-3-12(17)9-13(14)18/h3-4,9-11H,5-8H2,1-2H3. The van der Waals surface area contributed by atoms with E-state index in [0.29, 0.717) is 30.7 Å². The van der Waals surface area contributed by atoms with E-state index in [1.807, 2.05) is 13.8 Å². The first-order chi connectivity index (χ1) is 11.8. The van der Waals surface area contributed by atoms with Gasteiger partial charge >= 0.3 is 0 Å². The van der Waals surface area contributed by atoms with Crippen molar-refractivity contribution < 1.29 is 21.6 Å². The molecule has 0 unspecified atom stereocenters. The summed E-state index contributed by atoms with van der Waals surface area (Å²) in [6.45, 7) is 4.32. The molecule has 0 atom stereocenters. The van der Waals surface area contributed by atoms with Crippen molar-refractivity contribution in [3.8, 4) is 0 Å². The Morgan fingerprint density at radius 1 is 1.20 bits per heavy atom. The van der Waals surface area contributed by atoms with Gasteiger partial charge in [-0.15, -0.1) is 10.2 Å². The lowest BCUT2D eigenvalue weighted by Gasteiger charge is -2.29. The number of rotatable bonds is 4. The van der Waals surface area contributed by atoms with Gasteiger partial charge in [0.1, 0.15) is 16.5 Å². The Kier molecular flexibility index (Phi) is 4.88. The third kappa shape index (κ3) is 3.57. The first-order valence-electron chi connectivity index (χ1n) is 8.07. The Labute approximate surface area is 144 Å². The van der Waals surface area contributed by atoms with E-state index in [9.17, 15) is 17.2 Å². The molecule has 9 heteroatoms. The van der Waals surface area contributed by atoms with E-state index in [4.69, 9.17) is 4.42 Å². The molecule has 1 aliphatic heterocycles. The average molecular weight is 371 g/mol. The Morgan fingerprint density at radius 2 is 1.88 bits per heavy atom. The van der Waals surface area contributed by atoms with Crippen molar-refractivity contribution in [2.24, 2.45) is 0 Å². The normalized spacial score (nSPS) is 17.3. The van der Waals surface area contributed by atoms with Crippen LogP contribution in [0.3, 0.4) is 0 Å². The molecule has 0 saturated carbocycles. The topological polar surface area (TPSA) is 76.3 Å². The predicted molar refractivity (Wildman–Crippen MR) is 85.5 cm³/mol. The maximum Gasteiger partial charge on any atom is 0.245 e. The van der Waals surface area contributed by atoms with Crippen molar-refractivity contribution in [1.29, 1.82) is 0 Å². The van der Waals surface area contributed by atoms with Crippen molar-refractivity contribution in [2.75, 3.05) is 13.1 Å². The zero-order valence-corrected chi connectivity index (χ0v) is 14.8. The monoisotopic (exact) mass is 371 g/mol. The highest BCUT2D eigenvalue weighted by atomic mass is 32.2. The third-order valence-corrected chi connectivity index (χ3v) is 6.20. The van der Waals surface area contributed by atoms with Crippen LogP contribution in [0.4, 0.5) is 8.78 Å². The maximum atomic E-state index is 13.8. The lowest BCUT2D eigenvalue weighted by Crippen LogP contribution is -2.38. The van der Waals surface area contributed by atoms with Crippen molar-refractivity contribution >= 4 is 10.0 Å². The van der Waals surface area contributed by atoms with Gasteiger partial charge in [0.2, 0.25) is 21.8 Å². The van der Waals surface area contributed by atoms with Crippen LogP contribution in [0.1, 0.15) is 50.3 Å². The van der Waals surface area contributed by atoms with Gasteiger partial charge in [-0.1, -0.05) is 13.8 Å². The van der Waals surface area contributed by atoms with Gasteiger partial charge < -0.3 is 4.42 Å². The number of benzene rings is 1. The molecule has 1 saturated heterocycles. The Hall–Kier alpha value is -1.87. The van der Waals surface area contributed by atoms with E-state index in [-0.39, 0.29) is 24.9 Å². The first kappa shape index (κ1) is 17.9. The molecule has 1 aliphatic rings. The summed E-state index contributed by atoms with van der Waals surface area (Å²) in [6, 6.07) is 2.47. The molecule has 2 heterocycles. The summed E-state index contributed by atoms with van der Waals surface area (Å²) in [4.78, 5) is -0.507. The SMILES string of the molecule is CC(C)c1nnc(C2CCN(S(=O)(=O)c3ccc(F)cc3F)CC2)o1. The lowest BCUT2D eigenvalue weighted by molar-refractivity contribution is 0.284. The summed E-state index contributed by atoms with van der Waals surface area (Å²) < 4.78 is 58.8. The second kappa shape index (κ2) is 6.80. The van der Waals surface area contributed by atoms with Crippen molar-refractivity contribution in [3.05, 3.63) is 41.6 Å². The summed E-state index contributed by atoms with van der Waals surface area (Å²) in [5, 5.41) is 8.04. The highest BCUT2D eigenvalue weighted by molar-refractivity contribution is 7.89. The van der Waals surface area contributed by atoms with Crippen LogP contribution in [0.2, 0.25) is 0 Å². The van der Waals surface area contributed by atoms with E-state index >= 15 is 0 Å². The third-order valence-electron chi connectivity index (χ3n) is 4.27. The molecule has 0 radical (unpaired) electrons. The van der Waals surface area contributed by atoms with Crippen molar-refractivity contribution in [2.45, 2.75) is 43.4 Å². The van der Waals surface area contributed by atoms with Crippen LogP contribution >= 0.6 is 0 Å². The molecular weight excluding hydrogens is 352 g/mol. The van der Waals surface area contributed by atoms with Gasteiger partial charge in [0.25, 0.3) is 0 Å². The van der Waals surface area contributed by atoms with Gasteiger partial charge in [0.15, 0.2) is 0 Å². The number of hydrogen-bond donors (Lipinski definition) is 0. The molecule has 0 amide bonds. The molecule has 3 rings (SSSR count). The second-order valence-electron chi connectivity index (χ2n) is 6.39. The number of sulfonamides is 1. The van der Waals surface area contributed by atoms with Crippen molar-refractivity contribution in [3.63, 3.8) is 0 Å². The van der Waals surface area contributed by atoms with Crippen molar-refractivity contribution in [1.82, 2.24) is 14.5 Å². The summed E-state index contributed by atoms with van der Waals surface area (Å²) in [7, 11) is -4.00. The molecule has 6 nitrogen and oxygen atoms in total. The quantitative estimate of drug-likeness (QED) is 0.826. The van der Waals surface area contributed by atoms with Crippen LogP contribution in [-0.2, 0) is 10.0 Å². The zero-order chi connectivity index (χ0) is 18.2. The fraction of sp³-hybridized carbons (Fsp3) is 0.500. The molecule has 0 bridgehead atoms. The minimum atomic E-state index is -4.00. The van der Waals surface area contributed by atoms with E-state index in [1.54, 1.807) is 0 Å². The molecule has 0 spiro atoms. The minimum Gasteiger partial charge on any atom is -0.425 e. The molecule has 0 aliphatic carbocycles. The lowest BCUT2D eigenvalue weighted by atomic mass is 9.98. The number of hydrogen-bond acceptors (Lipinski definition) is 5. The van der Waals surface area contributed by atoms with E-state index in [1.165, 1.54) is 4.31 Å². The molecule has 136 valence electrons. The molecular formula is C16H19F2N3O3S. The van der Waals surface area contributed by atoms with Gasteiger partial charge in [-0.3, -0.25) is 0 Å². The predicted octanol–water partition coefficient (Wildman–Crippen LogP) is 3.04. The number of nitrogens with zero attached hydrogens (tertiary/aromatic N) is 3. The van der Waals surface area contributed by atoms with Crippen LogP contribution < -0.4 is 0 Å². The van der Waals surface area contributed by atoms with Gasteiger partial charge in [-0.05, 0) is 25.0 Å². The fourth-order valence-electron chi connectivity index (χ4n) is 2.81.